The standard InChI is InChI=1S/C12H18BrNS/c1-2-7-15-9-12(14)8-10-3-5-11(13)6-4-10/h3-6,12H,2,7-9,14H2,1H3. The minimum atomic E-state index is 0.280. The fourth-order valence-corrected chi connectivity index (χ4v) is 2.50. The van der Waals surface area contributed by atoms with Crippen LogP contribution in [0.4, 0.5) is 0 Å². The summed E-state index contributed by atoms with van der Waals surface area (Å²) in [7, 11) is 0. The van der Waals surface area contributed by atoms with E-state index in [-0.39, 0.29) is 6.04 Å². The van der Waals surface area contributed by atoms with Gasteiger partial charge in [-0.1, -0.05) is 35.0 Å². The van der Waals surface area contributed by atoms with Gasteiger partial charge in [0.15, 0.2) is 0 Å². The van der Waals surface area contributed by atoms with E-state index in [2.05, 4.69) is 47.1 Å². The van der Waals surface area contributed by atoms with Crippen molar-refractivity contribution in [3.8, 4) is 0 Å². The van der Waals surface area contributed by atoms with Gasteiger partial charge in [-0.3, -0.25) is 0 Å². The SMILES string of the molecule is CCCSCC(N)Cc1ccc(Br)cc1. The molecule has 0 bridgehead atoms. The van der Waals surface area contributed by atoms with Gasteiger partial charge >= 0.3 is 0 Å². The molecule has 0 amide bonds. The molecule has 0 saturated carbocycles. The smallest absolute Gasteiger partial charge is 0.0175 e. The number of halogens is 1. The first-order chi connectivity index (χ1) is 7.22. The first-order valence-electron chi connectivity index (χ1n) is 5.30. The summed E-state index contributed by atoms with van der Waals surface area (Å²) < 4.78 is 1.13. The van der Waals surface area contributed by atoms with Crippen molar-refractivity contribution in [1.29, 1.82) is 0 Å². The van der Waals surface area contributed by atoms with Gasteiger partial charge in [0.05, 0.1) is 0 Å². The van der Waals surface area contributed by atoms with Crippen molar-refractivity contribution in [3.05, 3.63) is 34.3 Å². The third-order valence-corrected chi connectivity index (χ3v) is 3.98. The monoisotopic (exact) mass is 287 g/mol. The van der Waals surface area contributed by atoms with E-state index in [0.717, 1.165) is 16.6 Å². The minimum Gasteiger partial charge on any atom is -0.327 e. The van der Waals surface area contributed by atoms with Gasteiger partial charge < -0.3 is 5.73 Å². The molecule has 1 aromatic carbocycles. The summed E-state index contributed by atoms with van der Waals surface area (Å²) in [4.78, 5) is 0. The molecule has 0 aliphatic carbocycles. The zero-order valence-electron chi connectivity index (χ0n) is 9.08. The van der Waals surface area contributed by atoms with Gasteiger partial charge in [-0.05, 0) is 36.3 Å². The van der Waals surface area contributed by atoms with Gasteiger partial charge in [-0.2, -0.15) is 11.8 Å². The molecule has 0 aliphatic heterocycles. The van der Waals surface area contributed by atoms with E-state index in [0.29, 0.717) is 0 Å². The number of benzene rings is 1. The van der Waals surface area contributed by atoms with E-state index < -0.39 is 0 Å². The fraction of sp³-hybridized carbons (Fsp3) is 0.500. The molecule has 0 spiro atoms. The number of hydrogen-bond donors (Lipinski definition) is 1. The summed E-state index contributed by atoms with van der Waals surface area (Å²) in [5, 5.41) is 0. The van der Waals surface area contributed by atoms with Crippen LogP contribution in [0.25, 0.3) is 0 Å². The molecule has 1 atom stereocenters. The second kappa shape index (κ2) is 7.31. The molecule has 0 aliphatic rings. The van der Waals surface area contributed by atoms with Crippen LogP contribution in [0, 0.1) is 0 Å². The lowest BCUT2D eigenvalue weighted by atomic mass is 10.1. The zero-order valence-corrected chi connectivity index (χ0v) is 11.5. The molecule has 15 heavy (non-hydrogen) atoms. The van der Waals surface area contributed by atoms with Crippen LogP contribution in [0.2, 0.25) is 0 Å². The molecule has 0 aromatic heterocycles. The topological polar surface area (TPSA) is 26.0 Å². The Hall–Kier alpha value is 0.01000. The van der Waals surface area contributed by atoms with E-state index in [1.165, 1.54) is 17.7 Å². The number of rotatable bonds is 6. The van der Waals surface area contributed by atoms with Crippen LogP contribution in [0.15, 0.2) is 28.7 Å². The van der Waals surface area contributed by atoms with Crippen LogP contribution in [0.1, 0.15) is 18.9 Å². The molecule has 0 saturated heterocycles. The fourth-order valence-electron chi connectivity index (χ4n) is 1.36. The largest absolute Gasteiger partial charge is 0.327 e. The molecule has 1 rings (SSSR count). The van der Waals surface area contributed by atoms with Gasteiger partial charge in [-0.25, -0.2) is 0 Å². The van der Waals surface area contributed by atoms with Crippen molar-refractivity contribution < 1.29 is 0 Å². The normalized spacial score (nSPS) is 12.7. The van der Waals surface area contributed by atoms with Crippen LogP contribution in [-0.4, -0.2) is 17.5 Å². The Kier molecular flexibility index (Phi) is 6.37. The van der Waals surface area contributed by atoms with E-state index in [1.807, 2.05) is 11.8 Å². The lowest BCUT2D eigenvalue weighted by Gasteiger charge is -2.10. The maximum atomic E-state index is 6.05. The molecule has 0 heterocycles. The van der Waals surface area contributed by atoms with Crippen molar-refractivity contribution in [1.82, 2.24) is 0 Å². The van der Waals surface area contributed by atoms with Gasteiger partial charge in [0.1, 0.15) is 0 Å². The van der Waals surface area contributed by atoms with Crippen molar-refractivity contribution in [2.45, 2.75) is 25.8 Å². The second-order valence-corrected chi connectivity index (χ2v) is 5.73. The summed E-state index contributed by atoms with van der Waals surface area (Å²) >= 11 is 5.38. The molecule has 1 unspecified atom stereocenters. The summed E-state index contributed by atoms with van der Waals surface area (Å²) in [6, 6.07) is 8.69. The summed E-state index contributed by atoms with van der Waals surface area (Å²) in [5.74, 6) is 2.28. The Morgan fingerprint density at radius 1 is 1.33 bits per heavy atom. The predicted molar refractivity (Wildman–Crippen MR) is 73.4 cm³/mol. The van der Waals surface area contributed by atoms with Crippen molar-refractivity contribution in [2.24, 2.45) is 5.73 Å². The number of thioether (sulfide) groups is 1. The molecule has 2 N–H and O–H groups in total. The van der Waals surface area contributed by atoms with E-state index in [9.17, 15) is 0 Å². The first kappa shape index (κ1) is 13.1. The number of hydrogen-bond acceptors (Lipinski definition) is 2. The van der Waals surface area contributed by atoms with Gasteiger partial charge in [0.2, 0.25) is 0 Å². The van der Waals surface area contributed by atoms with Gasteiger partial charge in [0.25, 0.3) is 0 Å². The Bertz CT molecular complexity index is 273. The maximum absolute atomic E-state index is 6.05. The molecule has 0 fully saturated rings. The van der Waals surface area contributed by atoms with Gasteiger partial charge in [0, 0.05) is 16.3 Å². The highest BCUT2D eigenvalue weighted by Crippen LogP contribution is 2.13. The van der Waals surface area contributed by atoms with Crippen molar-refractivity contribution >= 4 is 27.7 Å². The Labute approximate surface area is 105 Å². The van der Waals surface area contributed by atoms with Crippen LogP contribution in [0.5, 0.6) is 0 Å². The quantitative estimate of drug-likeness (QED) is 0.811. The summed E-state index contributed by atoms with van der Waals surface area (Å²) in [6.07, 6.45) is 2.21. The van der Waals surface area contributed by atoms with E-state index in [4.69, 9.17) is 5.73 Å². The van der Waals surface area contributed by atoms with E-state index in [1.54, 1.807) is 0 Å². The molecular formula is C12H18BrNS. The highest BCUT2D eigenvalue weighted by Gasteiger charge is 2.03. The lowest BCUT2D eigenvalue weighted by molar-refractivity contribution is 0.748. The highest BCUT2D eigenvalue weighted by atomic mass is 79.9. The Morgan fingerprint density at radius 3 is 2.60 bits per heavy atom. The third-order valence-electron chi connectivity index (χ3n) is 2.09. The molecule has 1 nitrogen and oxygen atoms in total. The van der Waals surface area contributed by atoms with E-state index >= 15 is 0 Å². The van der Waals surface area contributed by atoms with Crippen LogP contribution >= 0.6 is 27.7 Å². The van der Waals surface area contributed by atoms with Crippen molar-refractivity contribution in [2.75, 3.05) is 11.5 Å². The molecule has 1 aromatic rings. The third kappa shape index (κ3) is 5.59. The number of nitrogens with two attached hydrogens (primary N) is 1. The molecule has 84 valence electrons. The van der Waals surface area contributed by atoms with Crippen LogP contribution < -0.4 is 5.73 Å². The average molecular weight is 288 g/mol. The average Bonchev–Trinajstić information content (AvgIpc) is 2.22. The Balaban J connectivity index is 2.31. The maximum Gasteiger partial charge on any atom is 0.0175 e. The second-order valence-electron chi connectivity index (χ2n) is 3.67. The molecule has 3 heteroatoms. The first-order valence-corrected chi connectivity index (χ1v) is 7.25. The molecular weight excluding hydrogens is 270 g/mol. The van der Waals surface area contributed by atoms with Crippen LogP contribution in [-0.2, 0) is 6.42 Å². The molecule has 0 radical (unpaired) electrons. The zero-order chi connectivity index (χ0) is 11.1. The predicted octanol–water partition coefficient (Wildman–Crippen LogP) is 3.46. The minimum absolute atomic E-state index is 0.280. The van der Waals surface area contributed by atoms with Gasteiger partial charge in [-0.15, -0.1) is 0 Å². The highest BCUT2D eigenvalue weighted by molar-refractivity contribution is 9.10. The Morgan fingerprint density at radius 2 is 2.00 bits per heavy atom. The van der Waals surface area contributed by atoms with Crippen molar-refractivity contribution in [3.63, 3.8) is 0 Å². The summed E-state index contributed by atoms with van der Waals surface area (Å²) in [5.41, 5.74) is 7.37. The lowest BCUT2D eigenvalue weighted by Crippen LogP contribution is -2.25. The van der Waals surface area contributed by atoms with Crippen LogP contribution in [0.3, 0.4) is 0 Å². The summed E-state index contributed by atoms with van der Waals surface area (Å²) in [6.45, 7) is 2.20.